The lowest BCUT2D eigenvalue weighted by Crippen LogP contribution is -2.12. The van der Waals surface area contributed by atoms with Crippen LogP contribution in [0.2, 0.25) is 0 Å². The van der Waals surface area contributed by atoms with Crippen LogP contribution in [0, 0.1) is 12.8 Å². The van der Waals surface area contributed by atoms with Crippen molar-refractivity contribution in [3.05, 3.63) is 27.4 Å². The molecule has 0 saturated heterocycles. The van der Waals surface area contributed by atoms with Crippen LogP contribution in [0.5, 0.6) is 0 Å². The lowest BCUT2D eigenvalue weighted by atomic mass is 10.1. The molecule has 0 spiro atoms. The summed E-state index contributed by atoms with van der Waals surface area (Å²) in [4.78, 5) is 5.97. The summed E-state index contributed by atoms with van der Waals surface area (Å²) in [5.74, 6) is 0.517. The van der Waals surface area contributed by atoms with Crippen LogP contribution in [0.3, 0.4) is 0 Å². The first-order chi connectivity index (χ1) is 7.70. The summed E-state index contributed by atoms with van der Waals surface area (Å²) in [5.41, 5.74) is 8.06. The average Bonchev–Trinajstić information content (AvgIpc) is 2.86. The van der Waals surface area contributed by atoms with Crippen molar-refractivity contribution in [3.8, 4) is 10.6 Å². The first-order valence-electron chi connectivity index (χ1n) is 5.39. The molecule has 2 aromatic rings. The molecule has 2 rings (SSSR count). The molecule has 86 valence electrons. The summed E-state index contributed by atoms with van der Waals surface area (Å²) in [6.07, 6.45) is 0.992. The van der Waals surface area contributed by atoms with Crippen molar-refractivity contribution in [2.45, 2.75) is 20.3 Å². The average molecular weight is 252 g/mol. The molecule has 0 aliphatic heterocycles. The van der Waals surface area contributed by atoms with Gasteiger partial charge in [-0.25, -0.2) is 4.98 Å². The Morgan fingerprint density at radius 2 is 2.25 bits per heavy atom. The van der Waals surface area contributed by atoms with Crippen molar-refractivity contribution in [2.75, 3.05) is 6.54 Å². The molecule has 1 unspecified atom stereocenters. The van der Waals surface area contributed by atoms with E-state index in [-0.39, 0.29) is 0 Å². The topological polar surface area (TPSA) is 38.9 Å². The summed E-state index contributed by atoms with van der Waals surface area (Å²) in [5, 5.41) is 5.46. The molecule has 0 saturated carbocycles. The van der Waals surface area contributed by atoms with Crippen LogP contribution in [0.1, 0.15) is 17.5 Å². The first kappa shape index (κ1) is 11.8. The van der Waals surface area contributed by atoms with Crippen LogP contribution in [0.4, 0.5) is 0 Å². The highest BCUT2D eigenvalue weighted by molar-refractivity contribution is 7.14. The zero-order valence-electron chi connectivity index (χ0n) is 9.56. The Bertz CT molecular complexity index is 459. The monoisotopic (exact) mass is 252 g/mol. The van der Waals surface area contributed by atoms with Gasteiger partial charge >= 0.3 is 0 Å². The van der Waals surface area contributed by atoms with E-state index in [1.54, 1.807) is 22.7 Å². The third-order valence-electron chi connectivity index (χ3n) is 2.57. The Hall–Kier alpha value is -0.710. The van der Waals surface area contributed by atoms with Crippen molar-refractivity contribution in [3.63, 3.8) is 0 Å². The molecule has 0 amide bonds. The highest BCUT2D eigenvalue weighted by atomic mass is 32.1. The number of thiazole rings is 1. The zero-order chi connectivity index (χ0) is 11.5. The molecular formula is C12H16N2S2. The van der Waals surface area contributed by atoms with Gasteiger partial charge in [-0.3, -0.25) is 0 Å². The number of nitrogens with zero attached hydrogens (tertiary/aromatic N) is 1. The van der Waals surface area contributed by atoms with E-state index in [0.29, 0.717) is 5.92 Å². The number of thiophene rings is 1. The Morgan fingerprint density at radius 3 is 2.88 bits per heavy atom. The molecule has 0 bridgehead atoms. The van der Waals surface area contributed by atoms with Crippen molar-refractivity contribution < 1.29 is 0 Å². The number of nitrogens with two attached hydrogens (primary N) is 1. The SMILES string of the molecule is Cc1ccsc1-c1csc(CC(C)CN)n1. The van der Waals surface area contributed by atoms with Crippen LogP contribution >= 0.6 is 22.7 Å². The molecule has 16 heavy (non-hydrogen) atoms. The van der Waals surface area contributed by atoms with Gasteiger partial charge in [-0.1, -0.05) is 6.92 Å². The summed E-state index contributed by atoms with van der Waals surface area (Å²) in [6.45, 7) is 5.03. The Morgan fingerprint density at radius 1 is 1.44 bits per heavy atom. The quantitative estimate of drug-likeness (QED) is 0.906. The fraction of sp³-hybridized carbons (Fsp3) is 0.417. The summed E-state index contributed by atoms with van der Waals surface area (Å²) in [7, 11) is 0. The minimum atomic E-state index is 0.517. The molecular weight excluding hydrogens is 236 g/mol. The number of hydrogen-bond acceptors (Lipinski definition) is 4. The third-order valence-corrected chi connectivity index (χ3v) is 4.48. The fourth-order valence-electron chi connectivity index (χ4n) is 1.53. The number of hydrogen-bond donors (Lipinski definition) is 1. The summed E-state index contributed by atoms with van der Waals surface area (Å²) in [6, 6.07) is 2.14. The van der Waals surface area contributed by atoms with E-state index in [9.17, 15) is 0 Å². The van der Waals surface area contributed by atoms with Gasteiger partial charge in [-0.2, -0.15) is 0 Å². The van der Waals surface area contributed by atoms with E-state index in [1.807, 2.05) is 0 Å². The van der Waals surface area contributed by atoms with E-state index in [2.05, 4.69) is 35.7 Å². The molecule has 0 aromatic carbocycles. The largest absolute Gasteiger partial charge is 0.330 e. The van der Waals surface area contributed by atoms with Gasteiger partial charge in [0.25, 0.3) is 0 Å². The van der Waals surface area contributed by atoms with Crippen molar-refractivity contribution in [2.24, 2.45) is 11.7 Å². The Balaban J connectivity index is 2.17. The van der Waals surface area contributed by atoms with Crippen LogP contribution in [-0.4, -0.2) is 11.5 Å². The fourth-order valence-corrected chi connectivity index (χ4v) is 3.44. The second-order valence-corrected chi connectivity index (χ2v) is 5.96. The van der Waals surface area contributed by atoms with E-state index in [4.69, 9.17) is 5.73 Å². The summed E-state index contributed by atoms with van der Waals surface area (Å²) >= 11 is 3.50. The number of aryl methyl sites for hydroxylation is 1. The van der Waals surface area contributed by atoms with Crippen LogP contribution in [0.15, 0.2) is 16.8 Å². The van der Waals surface area contributed by atoms with Gasteiger partial charge < -0.3 is 5.73 Å². The van der Waals surface area contributed by atoms with Gasteiger partial charge in [0, 0.05) is 11.8 Å². The van der Waals surface area contributed by atoms with Crippen molar-refractivity contribution in [1.82, 2.24) is 4.98 Å². The molecule has 0 radical (unpaired) electrons. The van der Waals surface area contributed by atoms with Crippen LogP contribution < -0.4 is 5.73 Å². The Kier molecular flexibility index (Phi) is 3.74. The van der Waals surface area contributed by atoms with E-state index < -0.39 is 0 Å². The normalized spacial score (nSPS) is 12.9. The smallest absolute Gasteiger partial charge is 0.0936 e. The van der Waals surface area contributed by atoms with E-state index in [0.717, 1.165) is 18.7 Å². The minimum Gasteiger partial charge on any atom is -0.330 e. The van der Waals surface area contributed by atoms with Gasteiger partial charge in [0.05, 0.1) is 15.6 Å². The molecule has 0 fully saturated rings. The van der Waals surface area contributed by atoms with Gasteiger partial charge in [-0.05, 0) is 36.4 Å². The molecule has 2 N–H and O–H groups in total. The molecule has 2 aromatic heterocycles. The maximum absolute atomic E-state index is 5.62. The third kappa shape index (κ3) is 2.51. The number of rotatable bonds is 4. The van der Waals surface area contributed by atoms with Gasteiger partial charge in [0.15, 0.2) is 0 Å². The van der Waals surface area contributed by atoms with Crippen molar-refractivity contribution >= 4 is 22.7 Å². The molecule has 1 atom stereocenters. The lowest BCUT2D eigenvalue weighted by Gasteiger charge is -2.03. The molecule has 4 heteroatoms. The zero-order valence-corrected chi connectivity index (χ0v) is 11.2. The van der Waals surface area contributed by atoms with Crippen molar-refractivity contribution in [1.29, 1.82) is 0 Å². The highest BCUT2D eigenvalue weighted by Gasteiger charge is 2.10. The second kappa shape index (κ2) is 5.08. The van der Waals surface area contributed by atoms with E-state index in [1.165, 1.54) is 15.4 Å². The Labute approximate surface area is 104 Å². The first-order valence-corrected chi connectivity index (χ1v) is 7.15. The highest BCUT2D eigenvalue weighted by Crippen LogP contribution is 2.30. The predicted octanol–water partition coefficient (Wildman–Crippen LogP) is 3.32. The van der Waals surface area contributed by atoms with E-state index >= 15 is 0 Å². The maximum Gasteiger partial charge on any atom is 0.0936 e. The molecule has 2 nitrogen and oxygen atoms in total. The van der Waals surface area contributed by atoms with Gasteiger partial charge in [0.2, 0.25) is 0 Å². The summed E-state index contributed by atoms with van der Waals surface area (Å²) < 4.78 is 0. The molecule has 2 heterocycles. The molecule has 0 aliphatic rings. The van der Waals surface area contributed by atoms with Gasteiger partial charge in [-0.15, -0.1) is 22.7 Å². The van der Waals surface area contributed by atoms with Gasteiger partial charge in [0.1, 0.15) is 0 Å². The lowest BCUT2D eigenvalue weighted by molar-refractivity contribution is 0.591. The van der Waals surface area contributed by atoms with Crippen LogP contribution in [-0.2, 0) is 6.42 Å². The maximum atomic E-state index is 5.62. The second-order valence-electron chi connectivity index (χ2n) is 4.10. The minimum absolute atomic E-state index is 0.517. The standard InChI is InChI=1S/C12H16N2S2/c1-8(6-13)5-11-14-10(7-16-11)12-9(2)3-4-15-12/h3-4,7-8H,5-6,13H2,1-2H3. The van der Waals surface area contributed by atoms with Crippen LogP contribution in [0.25, 0.3) is 10.6 Å². The molecule has 0 aliphatic carbocycles. The predicted molar refractivity (Wildman–Crippen MR) is 72.1 cm³/mol. The number of aromatic nitrogens is 1.